The molecule has 5 N–H and O–H groups in total. The molecule has 0 fully saturated rings. The number of aromatic nitrogens is 2. The summed E-state index contributed by atoms with van der Waals surface area (Å²) in [6.07, 6.45) is -5.60. The van der Waals surface area contributed by atoms with Crippen LogP contribution in [0.2, 0.25) is 0 Å². The number of hydrogen-bond donors (Lipinski definition) is 4. The molecule has 5 rings (SSSR count). The number of para-hydroxylation sites is 1. The lowest BCUT2D eigenvalue weighted by Crippen LogP contribution is -2.40. The Kier molecular flexibility index (Phi) is 5.70. The zero-order valence-electron chi connectivity index (χ0n) is 19.4. The summed E-state index contributed by atoms with van der Waals surface area (Å²) in [7, 11) is 0. The minimum Gasteiger partial charge on any atom is -0.366 e. The number of H-pyrrole nitrogens is 1. The average molecular weight is 501 g/mol. The maximum atomic E-state index is 14.5. The number of rotatable bonds is 4. The van der Waals surface area contributed by atoms with Gasteiger partial charge in [-0.15, -0.1) is 0 Å². The predicted octanol–water partition coefficient (Wildman–Crippen LogP) is 4.12. The van der Waals surface area contributed by atoms with Gasteiger partial charge in [-0.25, -0.2) is 9.38 Å². The van der Waals surface area contributed by atoms with Gasteiger partial charge in [0.25, 0.3) is 5.91 Å². The lowest BCUT2D eigenvalue weighted by Gasteiger charge is -2.33. The Labute approximate surface area is 203 Å². The summed E-state index contributed by atoms with van der Waals surface area (Å²) in [4.78, 5) is 18.8. The fourth-order valence-electron chi connectivity index (χ4n) is 4.71. The van der Waals surface area contributed by atoms with Gasteiger partial charge in [0.1, 0.15) is 12.0 Å². The van der Waals surface area contributed by atoms with Gasteiger partial charge in [-0.1, -0.05) is 18.2 Å². The number of carbonyl (C=O) groups excluding carboxylic acids is 1. The number of amides is 1. The molecule has 0 aliphatic carbocycles. The van der Waals surface area contributed by atoms with Gasteiger partial charge < -0.3 is 16.0 Å². The molecule has 0 saturated carbocycles. The average Bonchev–Trinajstić information content (AvgIpc) is 3.36. The molecule has 12 heteroatoms. The van der Waals surface area contributed by atoms with E-state index in [1.807, 2.05) is 18.7 Å². The second-order valence-corrected chi connectivity index (χ2v) is 8.78. The molecule has 8 nitrogen and oxygen atoms in total. The predicted molar refractivity (Wildman–Crippen MR) is 124 cm³/mol. The van der Waals surface area contributed by atoms with Gasteiger partial charge in [-0.3, -0.25) is 15.2 Å². The molecule has 3 aromatic rings. The van der Waals surface area contributed by atoms with Crippen LogP contribution in [0.4, 0.5) is 23.2 Å². The molecule has 2 aliphatic heterocycles. The Morgan fingerprint density at radius 3 is 2.69 bits per heavy atom. The Balaban J connectivity index is 1.52. The quantitative estimate of drug-likeness (QED) is 0.402. The Morgan fingerprint density at radius 1 is 1.25 bits per heavy atom. The topological polar surface area (TPSA) is 111 Å². The number of anilines is 1. The van der Waals surface area contributed by atoms with Crippen molar-refractivity contribution < 1.29 is 22.4 Å². The van der Waals surface area contributed by atoms with Gasteiger partial charge in [0, 0.05) is 28.9 Å². The third-order valence-electron chi connectivity index (χ3n) is 6.61. The summed E-state index contributed by atoms with van der Waals surface area (Å²) < 4.78 is 55.0. The van der Waals surface area contributed by atoms with Gasteiger partial charge in [0.2, 0.25) is 5.96 Å². The second-order valence-electron chi connectivity index (χ2n) is 8.78. The number of aliphatic imine (C=N–C) groups is 1. The van der Waals surface area contributed by atoms with E-state index in [0.29, 0.717) is 23.8 Å². The minimum absolute atomic E-state index is 0.164. The molecule has 1 amide bonds. The van der Waals surface area contributed by atoms with E-state index < -0.39 is 41.7 Å². The zero-order valence-corrected chi connectivity index (χ0v) is 19.4. The molecule has 2 atom stereocenters. The maximum absolute atomic E-state index is 14.5. The Morgan fingerprint density at radius 2 is 2.00 bits per heavy atom. The van der Waals surface area contributed by atoms with E-state index in [1.54, 1.807) is 18.2 Å². The van der Waals surface area contributed by atoms with Crippen molar-refractivity contribution in [3.8, 4) is 0 Å². The first kappa shape index (κ1) is 23.8. The SMILES string of the molecule is Cc1[nH]nc2c1CN(C1=NC(NCc3c(F)cccc3C(F)(F)F)c3cccc(C(N)=O)c3N1)[C@@H]2C. The number of fused-ring (bicyclic) bond motifs is 2. The first-order valence-electron chi connectivity index (χ1n) is 11.2. The molecule has 0 bridgehead atoms. The van der Waals surface area contributed by atoms with Crippen LogP contribution in [-0.2, 0) is 19.3 Å². The lowest BCUT2D eigenvalue weighted by atomic mass is 10.0. The smallest absolute Gasteiger partial charge is 0.366 e. The number of primary amides is 1. The van der Waals surface area contributed by atoms with Crippen molar-refractivity contribution in [1.82, 2.24) is 20.4 Å². The Hall–Kier alpha value is -3.93. The standard InChI is InChI=1S/C24H23F4N7O/c1-11-16-10-35(12(2)19(16)34-33-11)23-31-20-13(21(29)36)5-3-6-14(20)22(32-23)30-9-15-17(24(26,27)28)7-4-8-18(15)25/h3-8,12,22,30H,9-10H2,1-2H3,(H2,29,36)(H,31,32)(H,33,34)/t12-,22?/m1/s1. The van der Waals surface area contributed by atoms with Crippen LogP contribution in [-0.4, -0.2) is 27.0 Å². The number of nitrogens with two attached hydrogens (primary N) is 1. The van der Waals surface area contributed by atoms with Crippen molar-refractivity contribution in [3.05, 3.63) is 81.4 Å². The van der Waals surface area contributed by atoms with Crippen LogP contribution in [0.25, 0.3) is 0 Å². The molecule has 2 aromatic carbocycles. The van der Waals surface area contributed by atoms with Crippen LogP contribution in [0.1, 0.15) is 63.1 Å². The molecule has 188 valence electrons. The van der Waals surface area contributed by atoms with Crippen LogP contribution in [0.3, 0.4) is 0 Å². The van der Waals surface area contributed by atoms with Crippen LogP contribution in [0, 0.1) is 12.7 Å². The summed E-state index contributed by atoms with van der Waals surface area (Å²) in [5.74, 6) is -1.26. The number of carbonyl (C=O) groups is 1. The number of aromatic amines is 1. The van der Waals surface area contributed by atoms with Gasteiger partial charge in [0.05, 0.1) is 35.1 Å². The van der Waals surface area contributed by atoms with Gasteiger partial charge in [-0.2, -0.15) is 18.3 Å². The summed E-state index contributed by atoms with van der Waals surface area (Å²) in [6.45, 7) is 3.90. The van der Waals surface area contributed by atoms with E-state index in [0.717, 1.165) is 35.2 Å². The number of nitrogens with one attached hydrogen (secondary N) is 3. The minimum atomic E-state index is -4.72. The highest BCUT2D eigenvalue weighted by molar-refractivity contribution is 6.06. The molecule has 0 spiro atoms. The highest BCUT2D eigenvalue weighted by atomic mass is 19.4. The molecule has 2 aliphatic rings. The van der Waals surface area contributed by atoms with Crippen molar-refractivity contribution in [3.63, 3.8) is 0 Å². The van der Waals surface area contributed by atoms with Crippen LogP contribution in [0.15, 0.2) is 41.4 Å². The number of nitrogens with zero attached hydrogens (tertiary/aromatic N) is 3. The van der Waals surface area contributed by atoms with Crippen molar-refractivity contribution in [2.24, 2.45) is 10.7 Å². The van der Waals surface area contributed by atoms with E-state index in [9.17, 15) is 22.4 Å². The molecule has 1 unspecified atom stereocenters. The molecule has 1 aromatic heterocycles. The first-order valence-corrected chi connectivity index (χ1v) is 11.2. The van der Waals surface area contributed by atoms with Gasteiger partial charge >= 0.3 is 6.18 Å². The van der Waals surface area contributed by atoms with Crippen molar-refractivity contribution in [1.29, 1.82) is 0 Å². The van der Waals surface area contributed by atoms with E-state index in [-0.39, 0.29) is 11.6 Å². The number of halogens is 4. The van der Waals surface area contributed by atoms with Crippen molar-refractivity contribution in [2.75, 3.05) is 5.32 Å². The van der Waals surface area contributed by atoms with Crippen molar-refractivity contribution in [2.45, 2.75) is 45.3 Å². The molecule has 0 saturated heterocycles. The van der Waals surface area contributed by atoms with Gasteiger partial charge in [-0.05, 0) is 32.0 Å². The number of alkyl halides is 3. The molecule has 3 heterocycles. The largest absolute Gasteiger partial charge is 0.416 e. The maximum Gasteiger partial charge on any atom is 0.416 e. The van der Waals surface area contributed by atoms with Gasteiger partial charge in [0.15, 0.2) is 0 Å². The van der Waals surface area contributed by atoms with Crippen LogP contribution >= 0.6 is 0 Å². The Bertz CT molecular complexity index is 1380. The van der Waals surface area contributed by atoms with E-state index in [4.69, 9.17) is 10.7 Å². The second kappa shape index (κ2) is 8.63. The normalized spacial score (nSPS) is 18.9. The van der Waals surface area contributed by atoms with Crippen LogP contribution < -0.4 is 16.4 Å². The molecular weight excluding hydrogens is 478 g/mol. The zero-order chi connectivity index (χ0) is 25.8. The number of aryl methyl sites for hydroxylation is 1. The lowest BCUT2D eigenvalue weighted by molar-refractivity contribution is -0.138. The fourth-order valence-corrected chi connectivity index (χ4v) is 4.71. The van der Waals surface area contributed by atoms with E-state index in [1.165, 1.54) is 0 Å². The molecule has 0 radical (unpaired) electrons. The highest BCUT2D eigenvalue weighted by Gasteiger charge is 2.37. The summed E-state index contributed by atoms with van der Waals surface area (Å²) in [5.41, 5.74) is 7.91. The molecular formula is C24H23F4N7O. The summed E-state index contributed by atoms with van der Waals surface area (Å²) >= 11 is 0. The van der Waals surface area contributed by atoms with E-state index >= 15 is 0 Å². The first-order chi connectivity index (χ1) is 17.1. The third kappa shape index (κ3) is 3.96. The summed E-state index contributed by atoms with van der Waals surface area (Å²) in [5, 5.41) is 13.4. The highest BCUT2D eigenvalue weighted by Crippen LogP contribution is 2.38. The van der Waals surface area contributed by atoms with Crippen LogP contribution in [0.5, 0.6) is 0 Å². The fraction of sp³-hybridized carbons (Fsp3) is 0.292. The van der Waals surface area contributed by atoms with E-state index in [2.05, 4.69) is 20.8 Å². The molecule has 36 heavy (non-hydrogen) atoms. The number of guanidine groups is 1. The third-order valence-corrected chi connectivity index (χ3v) is 6.61. The number of hydrogen-bond acceptors (Lipinski definition) is 6. The number of benzene rings is 2. The monoisotopic (exact) mass is 501 g/mol. The summed E-state index contributed by atoms with van der Waals surface area (Å²) in [6, 6.07) is 7.53. The van der Waals surface area contributed by atoms with Crippen molar-refractivity contribution >= 4 is 17.6 Å².